The SMILES string of the molecule is O=C1CCC(N2Cc3cc(C[C@H]4CCCC[C@@H]4N[C@H]4CCCC[C@H]4F)ccc3C2=O)C(=O)N1. The number of rotatable bonds is 5. The molecule has 0 radical (unpaired) electrons. The van der Waals surface area contributed by atoms with Crippen molar-refractivity contribution in [2.24, 2.45) is 5.92 Å². The van der Waals surface area contributed by atoms with Crippen molar-refractivity contribution in [3.8, 4) is 0 Å². The molecule has 2 aliphatic carbocycles. The summed E-state index contributed by atoms with van der Waals surface area (Å²) < 4.78 is 14.4. The summed E-state index contributed by atoms with van der Waals surface area (Å²) in [5.74, 6) is -0.313. The van der Waals surface area contributed by atoms with E-state index in [1.54, 1.807) is 4.90 Å². The zero-order valence-corrected chi connectivity index (χ0v) is 19.2. The molecule has 5 rings (SSSR count). The van der Waals surface area contributed by atoms with E-state index in [9.17, 15) is 18.8 Å². The number of carbonyl (C=O) groups is 3. The molecule has 1 aromatic rings. The number of fused-ring (bicyclic) bond motifs is 1. The molecular weight excluding hydrogens is 421 g/mol. The molecule has 6 nitrogen and oxygen atoms in total. The minimum absolute atomic E-state index is 0.0101. The van der Waals surface area contributed by atoms with Crippen molar-refractivity contribution in [2.45, 2.75) is 101 Å². The molecule has 2 N–H and O–H groups in total. The number of nitrogens with zero attached hydrogens (tertiary/aromatic N) is 1. The van der Waals surface area contributed by atoms with E-state index in [2.05, 4.69) is 16.7 Å². The number of hydrogen-bond acceptors (Lipinski definition) is 4. The molecule has 3 amide bonds. The lowest BCUT2D eigenvalue weighted by atomic mass is 9.79. The molecule has 5 atom stereocenters. The maximum atomic E-state index is 14.4. The number of imide groups is 1. The molecule has 178 valence electrons. The van der Waals surface area contributed by atoms with Gasteiger partial charge in [-0.1, -0.05) is 37.8 Å². The maximum absolute atomic E-state index is 14.4. The first kappa shape index (κ1) is 22.5. The van der Waals surface area contributed by atoms with Crippen molar-refractivity contribution < 1.29 is 18.8 Å². The summed E-state index contributed by atoms with van der Waals surface area (Å²) >= 11 is 0. The third-order valence-electron chi connectivity index (χ3n) is 8.10. The van der Waals surface area contributed by atoms with E-state index >= 15 is 0 Å². The standard InChI is InChI=1S/C26H34FN3O3/c27-20-6-2-4-8-22(20)28-21-7-3-1-5-17(21)13-16-9-10-19-18(14-16)15-30(26(19)33)23-11-12-24(31)29-25(23)32/h9-10,14,17,20-23,28H,1-8,11-13,15H2,(H,29,31,32)/t17-,20-,21+,22+,23?/m1/s1. The monoisotopic (exact) mass is 455 g/mol. The van der Waals surface area contributed by atoms with Gasteiger partial charge in [0.25, 0.3) is 5.91 Å². The van der Waals surface area contributed by atoms with Crippen LogP contribution in [-0.2, 0) is 22.6 Å². The Bertz CT molecular complexity index is 935. The summed E-state index contributed by atoms with van der Waals surface area (Å²) in [6.07, 6.45) is 9.18. The number of hydrogen-bond donors (Lipinski definition) is 2. The Morgan fingerprint density at radius 1 is 0.970 bits per heavy atom. The van der Waals surface area contributed by atoms with Gasteiger partial charge in [0, 0.05) is 30.6 Å². The van der Waals surface area contributed by atoms with Gasteiger partial charge in [0.1, 0.15) is 12.2 Å². The van der Waals surface area contributed by atoms with Gasteiger partial charge in [0.05, 0.1) is 0 Å². The first-order valence-electron chi connectivity index (χ1n) is 12.7. The Labute approximate surface area is 194 Å². The van der Waals surface area contributed by atoms with Gasteiger partial charge in [-0.25, -0.2) is 4.39 Å². The van der Waals surface area contributed by atoms with Gasteiger partial charge in [-0.3, -0.25) is 19.7 Å². The number of carbonyl (C=O) groups excluding carboxylic acids is 3. The molecule has 3 fully saturated rings. The topological polar surface area (TPSA) is 78.5 Å². The lowest BCUT2D eigenvalue weighted by Crippen LogP contribution is -2.52. The minimum atomic E-state index is -0.731. The lowest BCUT2D eigenvalue weighted by molar-refractivity contribution is -0.136. The van der Waals surface area contributed by atoms with Crippen molar-refractivity contribution in [1.82, 2.24) is 15.5 Å². The second-order valence-electron chi connectivity index (χ2n) is 10.3. The van der Waals surface area contributed by atoms with Crippen LogP contribution in [0.4, 0.5) is 4.39 Å². The van der Waals surface area contributed by atoms with Crippen LogP contribution < -0.4 is 10.6 Å². The zero-order valence-electron chi connectivity index (χ0n) is 19.2. The van der Waals surface area contributed by atoms with Crippen LogP contribution in [0.1, 0.15) is 85.7 Å². The number of alkyl halides is 1. The Kier molecular flexibility index (Phi) is 6.50. The molecule has 1 aromatic carbocycles. The molecule has 7 heteroatoms. The van der Waals surface area contributed by atoms with Crippen molar-refractivity contribution in [1.29, 1.82) is 0 Å². The normalized spacial score (nSPS) is 32.6. The van der Waals surface area contributed by atoms with Crippen LogP contribution in [0.15, 0.2) is 18.2 Å². The van der Waals surface area contributed by atoms with Gasteiger partial charge in [-0.05, 0) is 61.6 Å². The Morgan fingerprint density at radius 2 is 1.73 bits per heavy atom. The fraction of sp³-hybridized carbons (Fsp3) is 0.654. The predicted molar refractivity (Wildman–Crippen MR) is 122 cm³/mol. The van der Waals surface area contributed by atoms with Gasteiger partial charge in [-0.15, -0.1) is 0 Å². The molecule has 0 spiro atoms. The fourth-order valence-corrected chi connectivity index (χ4v) is 6.28. The summed E-state index contributed by atoms with van der Waals surface area (Å²) in [7, 11) is 0. The summed E-state index contributed by atoms with van der Waals surface area (Å²) in [6.45, 7) is 0.409. The van der Waals surface area contributed by atoms with E-state index in [1.807, 2.05) is 12.1 Å². The largest absolute Gasteiger partial charge is 0.322 e. The van der Waals surface area contributed by atoms with Crippen molar-refractivity contribution >= 4 is 17.7 Å². The van der Waals surface area contributed by atoms with E-state index < -0.39 is 12.2 Å². The summed E-state index contributed by atoms with van der Waals surface area (Å²) in [4.78, 5) is 38.3. The summed E-state index contributed by atoms with van der Waals surface area (Å²) in [6, 6.07) is 5.79. The molecule has 0 bridgehead atoms. The van der Waals surface area contributed by atoms with E-state index in [4.69, 9.17) is 0 Å². The predicted octanol–water partition coefficient (Wildman–Crippen LogP) is 3.42. The molecule has 2 heterocycles. The third-order valence-corrected chi connectivity index (χ3v) is 8.10. The van der Waals surface area contributed by atoms with Gasteiger partial charge in [0.15, 0.2) is 0 Å². The summed E-state index contributed by atoms with van der Waals surface area (Å²) in [5, 5.41) is 6.04. The highest BCUT2D eigenvalue weighted by Crippen LogP contribution is 2.33. The van der Waals surface area contributed by atoms with Gasteiger partial charge >= 0.3 is 0 Å². The van der Waals surface area contributed by atoms with Crippen LogP contribution in [0.2, 0.25) is 0 Å². The van der Waals surface area contributed by atoms with Crippen LogP contribution in [0.25, 0.3) is 0 Å². The fourth-order valence-electron chi connectivity index (χ4n) is 6.28. The highest BCUT2D eigenvalue weighted by Gasteiger charge is 2.39. The molecule has 0 aromatic heterocycles. The average Bonchev–Trinajstić information content (AvgIpc) is 3.12. The van der Waals surface area contributed by atoms with Crippen LogP contribution >= 0.6 is 0 Å². The highest BCUT2D eigenvalue weighted by atomic mass is 19.1. The molecule has 4 aliphatic rings. The number of halogens is 1. The number of nitrogens with one attached hydrogen (secondary N) is 2. The van der Waals surface area contributed by atoms with E-state index in [0.29, 0.717) is 36.9 Å². The lowest BCUT2D eigenvalue weighted by Gasteiger charge is -2.37. The number of benzene rings is 1. The number of amides is 3. The maximum Gasteiger partial charge on any atom is 0.255 e. The average molecular weight is 456 g/mol. The third kappa shape index (κ3) is 4.70. The first-order valence-corrected chi connectivity index (χ1v) is 12.7. The van der Waals surface area contributed by atoms with E-state index in [1.165, 1.54) is 18.4 Å². The van der Waals surface area contributed by atoms with Crippen LogP contribution in [0.5, 0.6) is 0 Å². The molecular formula is C26H34FN3O3. The van der Waals surface area contributed by atoms with Crippen LogP contribution in [0.3, 0.4) is 0 Å². The molecule has 1 unspecified atom stereocenters. The Hall–Kier alpha value is -2.28. The highest BCUT2D eigenvalue weighted by molar-refractivity contribution is 6.05. The van der Waals surface area contributed by atoms with Crippen LogP contribution in [-0.4, -0.2) is 46.9 Å². The minimum Gasteiger partial charge on any atom is -0.322 e. The van der Waals surface area contributed by atoms with Gasteiger partial charge in [-0.2, -0.15) is 0 Å². The molecule has 2 saturated carbocycles. The van der Waals surface area contributed by atoms with E-state index in [-0.39, 0.29) is 30.2 Å². The summed E-state index contributed by atoms with van der Waals surface area (Å²) in [5.41, 5.74) is 2.81. The van der Waals surface area contributed by atoms with Gasteiger partial charge < -0.3 is 10.2 Å². The van der Waals surface area contributed by atoms with Crippen molar-refractivity contribution in [2.75, 3.05) is 0 Å². The smallest absolute Gasteiger partial charge is 0.255 e. The van der Waals surface area contributed by atoms with Crippen molar-refractivity contribution in [3.63, 3.8) is 0 Å². The first-order chi connectivity index (χ1) is 16.0. The van der Waals surface area contributed by atoms with Crippen molar-refractivity contribution in [3.05, 3.63) is 34.9 Å². The quantitative estimate of drug-likeness (QED) is 0.667. The van der Waals surface area contributed by atoms with E-state index in [0.717, 1.165) is 44.1 Å². The molecule has 33 heavy (non-hydrogen) atoms. The zero-order chi connectivity index (χ0) is 22.9. The molecule has 2 aliphatic heterocycles. The second-order valence-corrected chi connectivity index (χ2v) is 10.3. The second kappa shape index (κ2) is 9.53. The Morgan fingerprint density at radius 3 is 2.52 bits per heavy atom. The Balaban J connectivity index is 1.26. The van der Waals surface area contributed by atoms with Crippen LogP contribution in [0, 0.1) is 5.92 Å². The number of piperidine rings is 1. The van der Waals surface area contributed by atoms with Gasteiger partial charge in [0.2, 0.25) is 11.8 Å². The molecule has 1 saturated heterocycles.